The molecule has 0 radical (unpaired) electrons. The summed E-state index contributed by atoms with van der Waals surface area (Å²) in [6, 6.07) is 0. The molecule has 0 aliphatic rings. The summed E-state index contributed by atoms with van der Waals surface area (Å²) in [7, 11) is -9.90. The van der Waals surface area contributed by atoms with Crippen LogP contribution in [0.2, 0.25) is 0 Å². The third-order valence-electron chi connectivity index (χ3n) is 16.1. The lowest BCUT2D eigenvalue weighted by atomic mass is 10.0. The van der Waals surface area contributed by atoms with Crippen LogP contribution in [-0.4, -0.2) is 96.7 Å². The number of ether oxygens (including phenoxy) is 4. The third-order valence-corrected chi connectivity index (χ3v) is 18.0. The highest BCUT2D eigenvalue weighted by Gasteiger charge is 2.30. The molecule has 0 rings (SSSR count). The van der Waals surface area contributed by atoms with Gasteiger partial charge in [-0.3, -0.25) is 37.3 Å². The average molecular weight is 1310 g/mol. The molecule has 19 heteroatoms. The van der Waals surface area contributed by atoms with Gasteiger partial charge in [0.2, 0.25) is 0 Å². The number of hydrogen-bond acceptors (Lipinski definition) is 15. The number of esters is 4. The molecule has 0 bridgehead atoms. The van der Waals surface area contributed by atoms with Crippen LogP contribution < -0.4 is 0 Å². The van der Waals surface area contributed by atoms with Crippen LogP contribution >= 0.6 is 15.6 Å². The smallest absolute Gasteiger partial charge is 0.462 e. The zero-order chi connectivity index (χ0) is 66.1. The number of aliphatic hydroxyl groups is 1. The number of carbonyl (C=O) groups excluding carboxylic acids is 4. The highest BCUT2D eigenvalue weighted by Crippen LogP contribution is 2.45. The van der Waals surface area contributed by atoms with E-state index in [0.717, 1.165) is 114 Å². The van der Waals surface area contributed by atoms with Crippen LogP contribution in [0, 0.1) is 23.7 Å². The van der Waals surface area contributed by atoms with Crippen molar-refractivity contribution in [1.82, 2.24) is 0 Å². The highest BCUT2D eigenvalue weighted by atomic mass is 31.2. The van der Waals surface area contributed by atoms with Crippen molar-refractivity contribution in [2.24, 2.45) is 23.7 Å². The summed E-state index contributed by atoms with van der Waals surface area (Å²) in [5.74, 6) is 0.812. The molecule has 528 valence electrons. The van der Waals surface area contributed by atoms with E-state index in [1.54, 1.807) is 0 Å². The number of hydrogen-bond donors (Lipinski definition) is 3. The fourth-order valence-corrected chi connectivity index (χ4v) is 12.1. The third kappa shape index (κ3) is 64.6. The summed E-state index contributed by atoms with van der Waals surface area (Å²) in [6.07, 6.45) is 41.9. The van der Waals surface area contributed by atoms with Gasteiger partial charge in [0.25, 0.3) is 0 Å². The first-order valence-electron chi connectivity index (χ1n) is 36.2. The Bertz CT molecular complexity index is 1760. The molecule has 0 fully saturated rings. The van der Waals surface area contributed by atoms with Crippen LogP contribution in [0.4, 0.5) is 0 Å². The molecule has 0 aliphatic carbocycles. The molecular weight excluding hydrogens is 1170 g/mol. The van der Waals surface area contributed by atoms with E-state index in [0.29, 0.717) is 31.6 Å². The minimum atomic E-state index is -4.95. The summed E-state index contributed by atoms with van der Waals surface area (Å²) >= 11 is 0. The minimum absolute atomic E-state index is 0.104. The molecule has 17 nitrogen and oxygen atoms in total. The Morgan fingerprint density at radius 1 is 0.281 bits per heavy atom. The molecule has 0 saturated heterocycles. The van der Waals surface area contributed by atoms with Crippen LogP contribution in [0.15, 0.2) is 0 Å². The van der Waals surface area contributed by atoms with E-state index in [2.05, 4.69) is 55.4 Å². The molecule has 0 amide bonds. The van der Waals surface area contributed by atoms with Crippen molar-refractivity contribution in [3.63, 3.8) is 0 Å². The Hall–Kier alpha value is -1.94. The number of aliphatic hydroxyl groups excluding tert-OH is 1. The number of phosphoric acid groups is 2. The molecule has 2 unspecified atom stereocenters. The first kappa shape index (κ1) is 87.1. The molecular formula is C70H136O17P2. The molecule has 0 aromatic carbocycles. The fourth-order valence-electron chi connectivity index (χ4n) is 10.5. The molecule has 3 N–H and O–H groups in total. The van der Waals surface area contributed by atoms with Gasteiger partial charge in [-0.05, 0) is 49.4 Å². The Kier molecular flexibility index (Phi) is 58.5. The van der Waals surface area contributed by atoms with Gasteiger partial charge in [-0.25, -0.2) is 9.13 Å². The monoisotopic (exact) mass is 1310 g/mol. The first-order chi connectivity index (χ1) is 42.6. The number of phosphoric ester groups is 2. The predicted molar refractivity (Wildman–Crippen MR) is 358 cm³/mol. The van der Waals surface area contributed by atoms with E-state index in [1.165, 1.54) is 141 Å². The molecule has 0 aliphatic heterocycles. The molecule has 5 atom stereocenters. The normalized spacial score (nSPS) is 14.3. The van der Waals surface area contributed by atoms with Gasteiger partial charge >= 0.3 is 39.5 Å². The topological polar surface area (TPSA) is 237 Å². The van der Waals surface area contributed by atoms with Crippen LogP contribution in [0.5, 0.6) is 0 Å². The van der Waals surface area contributed by atoms with Crippen LogP contribution in [0.1, 0.15) is 344 Å². The highest BCUT2D eigenvalue weighted by molar-refractivity contribution is 7.47. The summed E-state index contributed by atoms with van der Waals surface area (Å²) in [5.41, 5.74) is 0. The number of unbranched alkanes of at least 4 members (excludes halogenated alkanes) is 33. The second-order valence-electron chi connectivity index (χ2n) is 27.2. The van der Waals surface area contributed by atoms with E-state index in [-0.39, 0.29) is 25.7 Å². The van der Waals surface area contributed by atoms with Crippen LogP contribution in [0.3, 0.4) is 0 Å². The summed E-state index contributed by atoms with van der Waals surface area (Å²) in [4.78, 5) is 72.5. The van der Waals surface area contributed by atoms with Crippen molar-refractivity contribution >= 4 is 39.5 Å². The average Bonchev–Trinajstić information content (AvgIpc) is 3.61. The first-order valence-corrected chi connectivity index (χ1v) is 39.2. The summed E-state index contributed by atoms with van der Waals surface area (Å²) in [5, 5.41) is 10.6. The van der Waals surface area contributed by atoms with Crippen molar-refractivity contribution in [3.8, 4) is 0 Å². The van der Waals surface area contributed by atoms with Crippen molar-refractivity contribution in [1.29, 1.82) is 0 Å². The standard InChI is InChI=1S/C70H136O17P2/c1-60(2)46-38-30-22-16-12-10-9-11-13-19-25-34-42-50-67(72)80-56-65(86-69(74)52-44-36-26-20-14-17-23-31-39-47-61(3)4)58-84-88(76,77)82-54-64(71)55-83-89(78,79)85-59-66(57-81-68(73)51-43-35-29-28-33-41-49-63(7)8)87-70(75)53-45-37-27-21-15-18-24-32-40-48-62(5)6/h60-66,71H,9-59H2,1-8H3,(H,76,77)(H,78,79)/t64-,65-,66-/m1/s1. The Morgan fingerprint density at radius 2 is 0.472 bits per heavy atom. The Morgan fingerprint density at radius 3 is 0.697 bits per heavy atom. The Balaban J connectivity index is 5.23. The van der Waals surface area contributed by atoms with Gasteiger partial charge in [-0.2, -0.15) is 0 Å². The maximum absolute atomic E-state index is 13.0. The van der Waals surface area contributed by atoms with Gasteiger partial charge in [0, 0.05) is 25.7 Å². The van der Waals surface area contributed by atoms with Gasteiger partial charge in [0.05, 0.1) is 26.4 Å². The SMILES string of the molecule is CC(C)CCCCCCCCCCCCCCCC(=O)OC[C@H](COP(=O)(O)OC[C@@H](O)COP(=O)(O)OC[C@@H](COC(=O)CCCCCCCCC(C)C)OC(=O)CCCCCCCCCCCC(C)C)OC(=O)CCCCCCCCCCCC(C)C. The largest absolute Gasteiger partial charge is 0.472 e. The van der Waals surface area contributed by atoms with Gasteiger partial charge in [-0.15, -0.1) is 0 Å². The van der Waals surface area contributed by atoms with E-state index >= 15 is 0 Å². The fraction of sp³-hybridized carbons (Fsp3) is 0.943. The molecule has 0 saturated carbocycles. The minimum Gasteiger partial charge on any atom is -0.462 e. The zero-order valence-corrected chi connectivity index (χ0v) is 59.8. The molecule has 89 heavy (non-hydrogen) atoms. The lowest BCUT2D eigenvalue weighted by molar-refractivity contribution is -0.161. The van der Waals surface area contributed by atoms with E-state index < -0.39 is 97.5 Å². The van der Waals surface area contributed by atoms with Crippen molar-refractivity contribution in [2.75, 3.05) is 39.6 Å². The molecule has 0 aromatic heterocycles. The number of rotatable bonds is 67. The van der Waals surface area contributed by atoms with Crippen LogP contribution in [0.25, 0.3) is 0 Å². The van der Waals surface area contributed by atoms with Crippen molar-refractivity contribution in [3.05, 3.63) is 0 Å². The molecule has 0 heterocycles. The Labute approximate surface area is 543 Å². The summed E-state index contributed by atoms with van der Waals surface area (Å²) < 4.78 is 68.2. The van der Waals surface area contributed by atoms with Crippen molar-refractivity contribution < 1.29 is 80.2 Å². The predicted octanol–water partition coefficient (Wildman–Crippen LogP) is 19.7. The van der Waals surface area contributed by atoms with Crippen molar-refractivity contribution in [2.45, 2.75) is 363 Å². The lowest BCUT2D eigenvalue weighted by Crippen LogP contribution is -2.30. The summed E-state index contributed by atoms with van der Waals surface area (Å²) in [6.45, 7) is 14.0. The molecule has 0 aromatic rings. The van der Waals surface area contributed by atoms with Gasteiger partial charge in [0.1, 0.15) is 19.3 Å². The zero-order valence-electron chi connectivity index (χ0n) is 58.1. The van der Waals surface area contributed by atoms with E-state index in [4.69, 9.17) is 37.0 Å². The van der Waals surface area contributed by atoms with Crippen LogP contribution in [-0.2, 0) is 65.4 Å². The van der Waals surface area contributed by atoms with E-state index in [1.807, 2.05) is 0 Å². The maximum atomic E-state index is 13.0. The van der Waals surface area contributed by atoms with Gasteiger partial charge in [-0.1, -0.05) is 293 Å². The number of carbonyl (C=O) groups is 4. The maximum Gasteiger partial charge on any atom is 0.472 e. The second kappa shape index (κ2) is 59.8. The molecule has 0 spiro atoms. The second-order valence-corrected chi connectivity index (χ2v) is 30.1. The van der Waals surface area contributed by atoms with E-state index in [9.17, 15) is 43.2 Å². The quantitative estimate of drug-likeness (QED) is 0.0222. The van der Waals surface area contributed by atoms with Gasteiger partial charge in [0.15, 0.2) is 12.2 Å². The van der Waals surface area contributed by atoms with Gasteiger partial charge < -0.3 is 33.8 Å². The lowest BCUT2D eigenvalue weighted by Gasteiger charge is -2.21.